The van der Waals surface area contributed by atoms with E-state index < -0.39 is 18.4 Å². The number of carbonyl (C=O) groups excluding carboxylic acids is 2. The summed E-state index contributed by atoms with van der Waals surface area (Å²) < 4.78 is 23.1. The lowest BCUT2D eigenvalue weighted by Crippen LogP contribution is -2.40. The number of carbonyl (C=O) groups is 3. The van der Waals surface area contributed by atoms with Crippen molar-refractivity contribution in [2.24, 2.45) is 0 Å². The average Bonchev–Trinajstić information content (AvgIpc) is 3.65. The summed E-state index contributed by atoms with van der Waals surface area (Å²) in [7, 11) is 5.99. The van der Waals surface area contributed by atoms with Crippen molar-refractivity contribution in [3.8, 4) is 0 Å². The number of hydrogen-bond donors (Lipinski definition) is 1. The summed E-state index contributed by atoms with van der Waals surface area (Å²) >= 11 is 0. The maximum Gasteiger partial charge on any atom is 0.361 e. The Hall–Kier alpha value is -3.01. The molecule has 91 heavy (non-hydrogen) atoms. The number of esters is 2. The molecule has 0 aromatic heterocycles. The first-order chi connectivity index (χ1) is 44.6. The fourth-order valence-electron chi connectivity index (χ4n) is 11.8. The predicted octanol–water partition coefficient (Wildman–Crippen LogP) is 25.0. The number of nitrogens with zero attached hydrogens (tertiary/aromatic N) is 1. The normalized spacial score (nSPS) is 12.9. The molecule has 9 heteroatoms. The van der Waals surface area contributed by atoms with Crippen LogP contribution in [0.15, 0.2) is 60.8 Å². The number of allylic oxidation sites excluding steroid dienone is 10. The Morgan fingerprint density at radius 2 is 0.626 bits per heavy atom. The summed E-state index contributed by atoms with van der Waals surface area (Å²) in [6, 6.07) is 0. The number of likely N-dealkylation sites (N-methyl/N-ethyl adjacent to an activating group) is 1. The zero-order chi connectivity index (χ0) is 66.1. The summed E-state index contributed by atoms with van der Waals surface area (Å²) in [5.74, 6) is -1.98. The summed E-state index contributed by atoms with van der Waals surface area (Å²) in [6.45, 7) is 4.83. The zero-order valence-corrected chi connectivity index (χ0v) is 61.0. The van der Waals surface area contributed by atoms with E-state index in [1.54, 1.807) is 0 Å². The van der Waals surface area contributed by atoms with Gasteiger partial charge in [0.2, 0.25) is 0 Å². The van der Waals surface area contributed by atoms with Crippen LogP contribution >= 0.6 is 0 Å². The number of quaternary nitrogens is 1. The number of unbranched alkanes of at least 4 members (excludes halogenated alkanes) is 49. The lowest BCUT2D eigenvalue weighted by Gasteiger charge is -2.25. The smallest absolute Gasteiger partial charge is 0.361 e. The van der Waals surface area contributed by atoms with E-state index in [-0.39, 0.29) is 38.2 Å². The van der Waals surface area contributed by atoms with Gasteiger partial charge < -0.3 is 28.5 Å². The van der Waals surface area contributed by atoms with Crippen molar-refractivity contribution < 1.29 is 42.9 Å². The molecular weight excluding hydrogens is 1130 g/mol. The van der Waals surface area contributed by atoms with Crippen LogP contribution in [0.3, 0.4) is 0 Å². The third-order valence-electron chi connectivity index (χ3n) is 17.8. The number of ether oxygens (including phenoxy) is 4. The molecule has 0 radical (unpaired) electrons. The molecule has 0 saturated heterocycles. The van der Waals surface area contributed by atoms with Gasteiger partial charge in [0.05, 0.1) is 34.4 Å². The maximum absolute atomic E-state index is 13.0. The summed E-state index contributed by atoms with van der Waals surface area (Å²) in [5.41, 5.74) is 0. The Bertz CT molecular complexity index is 1680. The molecule has 0 heterocycles. The van der Waals surface area contributed by atoms with Crippen LogP contribution in [0.25, 0.3) is 0 Å². The highest BCUT2D eigenvalue weighted by molar-refractivity contribution is 5.71. The van der Waals surface area contributed by atoms with Crippen LogP contribution in [-0.4, -0.2) is 87.4 Å². The third kappa shape index (κ3) is 74.3. The number of carboxylic acid groups (broad SMARTS) is 1. The third-order valence-corrected chi connectivity index (χ3v) is 17.8. The molecule has 0 aromatic rings. The SMILES string of the molecule is CC/C=C\C/C=C\C/C=C\C/C=C\C/C=C\CCCCCCCCCCCCCCCCCC(=O)OC(COC(=O)CCCCCCCCCCCCCCCCCCCCCCCCCCCCCCCCCCCCC)COC(OCC[N+](C)(C)C)C(=O)O. The number of hydrogen-bond acceptors (Lipinski definition) is 7. The van der Waals surface area contributed by atoms with Crippen LogP contribution in [0.2, 0.25) is 0 Å². The van der Waals surface area contributed by atoms with Gasteiger partial charge in [-0.1, -0.05) is 376 Å². The Kier molecular flexibility index (Phi) is 70.4. The molecule has 0 bridgehead atoms. The molecule has 0 aliphatic rings. The first kappa shape index (κ1) is 88.0. The van der Waals surface area contributed by atoms with Crippen LogP contribution in [-0.2, 0) is 33.3 Å². The van der Waals surface area contributed by atoms with Gasteiger partial charge in [-0.3, -0.25) is 9.59 Å². The summed E-state index contributed by atoms with van der Waals surface area (Å²) in [4.78, 5) is 37.7. The van der Waals surface area contributed by atoms with Crippen molar-refractivity contribution in [2.45, 2.75) is 399 Å². The van der Waals surface area contributed by atoms with Gasteiger partial charge in [0.25, 0.3) is 6.29 Å². The molecule has 1 N–H and O–H groups in total. The van der Waals surface area contributed by atoms with Gasteiger partial charge in [-0.05, 0) is 57.8 Å². The van der Waals surface area contributed by atoms with E-state index in [0.717, 1.165) is 70.6 Å². The molecule has 0 fully saturated rings. The predicted molar refractivity (Wildman–Crippen MR) is 392 cm³/mol. The summed E-state index contributed by atoms with van der Waals surface area (Å²) in [6.07, 6.45) is 93.8. The number of rotatable bonds is 74. The van der Waals surface area contributed by atoms with Crippen molar-refractivity contribution in [1.82, 2.24) is 0 Å². The highest BCUT2D eigenvalue weighted by atomic mass is 16.7. The molecule has 0 aromatic carbocycles. The van der Waals surface area contributed by atoms with E-state index in [1.165, 1.54) is 289 Å². The van der Waals surface area contributed by atoms with Crippen LogP contribution < -0.4 is 0 Å². The lowest BCUT2D eigenvalue weighted by molar-refractivity contribution is -0.870. The maximum atomic E-state index is 13.0. The van der Waals surface area contributed by atoms with Gasteiger partial charge in [-0.15, -0.1) is 0 Å². The van der Waals surface area contributed by atoms with Gasteiger partial charge in [0.15, 0.2) is 6.10 Å². The first-order valence-corrected chi connectivity index (χ1v) is 39.5. The van der Waals surface area contributed by atoms with Crippen molar-refractivity contribution >= 4 is 17.9 Å². The molecule has 2 atom stereocenters. The van der Waals surface area contributed by atoms with Gasteiger partial charge in [0.1, 0.15) is 13.2 Å². The van der Waals surface area contributed by atoms with Crippen LogP contribution in [0.4, 0.5) is 0 Å². The Morgan fingerprint density at radius 3 is 0.934 bits per heavy atom. The molecule has 0 aliphatic heterocycles. The first-order valence-electron chi connectivity index (χ1n) is 39.5. The Balaban J connectivity index is 3.99. The highest BCUT2D eigenvalue weighted by Gasteiger charge is 2.25. The molecule has 0 spiro atoms. The van der Waals surface area contributed by atoms with Crippen molar-refractivity contribution in [3.05, 3.63) is 60.8 Å². The second kappa shape index (κ2) is 72.8. The van der Waals surface area contributed by atoms with Crippen molar-refractivity contribution in [3.63, 3.8) is 0 Å². The van der Waals surface area contributed by atoms with Crippen molar-refractivity contribution in [1.29, 1.82) is 0 Å². The second-order valence-corrected chi connectivity index (χ2v) is 28.0. The van der Waals surface area contributed by atoms with E-state index in [2.05, 4.69) is 74.6 Å². The minimum Gasteiger partial charge on any atom is -0.477 e. The summed E-state index contributed by atoms with van der Waals surface area (Å²) in [5, 5.41) is 9.77. The number of aliphatic carboxylic acids is 1. The minimum atomic E-state index is -1.51. The minimum absolute atomic E-state index is 0.178. The van der Waals surface area contributed by atoms with Crippen LogP contribution in [0.5, 0.6) is 0 Å². The molecule has 0 rings (SSSR count). The second-order valence-electron chi connectivity index (χ2n) is 28.0. The van der Waals surface area contributed by atoms with E-state index in [4.69, 9.17) is 18.9 Å². The van der Waals surface area contributed by atoms with E-state index in [1.807, 2.05) is 21.1 Å². The molecule has 532 valence electrons. The van der Waals surface area contributed by atoms with Crippen molar-refractivity contribution in [2.75, 3.05) is 47.5 Å². The lowest BCUT2D eigenvalue weighted by atomic mass is 10.0. The Morgan fingerprint density at radius 1 is 0.341 bits per heavy atom. The van der Waals surface area contributed by atoms with Gasteiger partial charge in [-0.25, -0.2) is 4.79 Å². The average molecular weight is 1280 g/mol. The molecule has 0 amide bonds. The highest BCUT2D eigenvalue weighted by Crippen LogP contribution is 2.20. The number of carboxylic acids is 1. The molecule has 0 saturated carbocycles. The molecule has 9 nitrogen and oxygen atoms in total. The van der Waals surface area contributed by atoms with Gasteiger partial charge in [0, 0.05) is 12.8 Å². The van der Waals surface area contributed by atoms with E-state index in [9.17, 15) is 19.5 Å². The largest absolute Gasteiger partial charge is 0.477 e. The van der Waals surface area contributed by atoms with E-state index >= 15 is 0 Å². The quantitative estimate of drug-likeness (QED) is 0.0211. The standard InChI is InChI=1S/C82H151NO8/c1-6-8-10-12-14-16-18-20-22-24-26-28-30-32-34-36-38-39-40-41-43-44-46-48-50-52-54-56-58-60-62-64-66-68-70-72-79(84)89-76-78(77-90-82(81(86)87)88-75-74-83(3,4)5)91-80(85)73-71-69-67-65-63-61-59-57-55-53-51-49-47-45-42-37-35-33-31-29-27-25-23-21-19-17-15-13-11-9-7-2/h9,11,15,17,21,23,27,29,33,35,78,82H,6-8,10,12-14,16,18-20,22,24-26,28,30-32,34,36-77H2,1-5H3/p+1/b11-9-,17-15-,23-21-,29-27-,35-33-. The van der Waals surface area contributed by atoms with Crippen LogP contribution in [0.1, 0.15) is 386 Å². The monoisotopic (exact) mass is 1280 g/mol. The molecule has 0 aliphatic carbocycles. The fraction of sp³-hybridized carbons (Fsp3) is 0.841. The van der Waals surface area contributed by atoms with Gasteiger partial charge in [-0.2, -0.15) is 0 Å². The topological polar surface area (TPSA) is 108 Å². The van der Waals surface area contributed by atoms with E-state index in [0.29, 0.717) is 17.4 Å². The van der Waals surface area contributed by atoms with Crippen LogP contribution in [0, 0.1) is 0 Å². The zero-order valence-electron chi connectivity index (χ0n) is 61.0. The molecule has 2 unspecified atom stereocenters. The van der Waals surface area contributed by atoms with Gasteiger partial charge >= 0.3 is 17.9 Å². The molecular formula is C82H152NO8+. The Labute approximate surface area is 565 Å². The fourth-order valence-corrected chi connectivity index (χ4v) is 11.8.